The zero-order valence-electron chi connectivity index (χ0n) is 14.2. The molecule has 0 radical (unpaired) electrons. The van der Waals surface area contributed by atoms with Crippen LogP contribution in [0.5, 0.6) is 0 Å². The number of nitrogens with two attached hydrogens (primary N) is 1. The number of thiazole rings is 1. The van der Waals surface area contributed by atoms with E-state index in [2.05, 4.69) is 10.3 Å². The molecule has 2 amide bonds. The van der Waals surface area contributed by atoms with E-state index in [1.165, 1.54) is 11.3 Å². The Morgan fingerprint density at radius 2 is 2.04 bits per heavy atom. The van der Waals surface area contributed by atoms with Crippen molar-refractivity contribution in [1.29, 1.82) is 0 Å². The van der Waals surface area contributed by atoms with Gasteiger partial charge in [0.1, 0.15) is 5.69 Å². The van der Waals surface area contributed by atoms with Gasteiger partial charge in [-0.2, -0.15) is 0 Å². The topological polar surface area (TPSA) is 88.3 Å². The van der Waals surface area contributed by atoms with Gasteiger partial charge in [0.15, 0.2) is 0 Å². The fraction of sp³-hybridized carbons (Fsp3) is 0.389. The Morgan fingerprint density at radius 3 is 2.64 bits per heavy atom. The lowest BCUT2D eigenvalue weighted by atomic mass is 10.2. The van der Waals surface area contributed by atoms with Gasteiger partial charge in [-0.15, -0.1) is 11.3 Å². The van der Waals surface area contributed by atoms with Crippen molar-refractivity contribution in [3.05, 3.63) is 45.9 Å². The molecule has 1 saturated carbocycles. The largest absolute Gasteiger partial charge is 0.336 e. The number of benzene rings is 1. The van der Waals surface area contributed by atoms with Crippen LogP contribution in [0.4, 0.5) is 5.69 Å². The molecular weight excluding hydrogens is 336 g/mol. The number of hydrogen-bond acceptors (Lipinski definition) is 5. The number of carbonyl (C=O) groups is 2. The van der Waals surface area contributed by atoms with Crippen LogP contribution in [0, 0.1) is 0 Å². The van der Waals surface area contributed by atoms with Gasteiger partial charge in [-0.25, -0.2) is 4.98 Å². The summed E-state index contributed by atoms with van der Waals surface area (Å²) >= 11 is 1.44. The minimum atomic E-state index is -0.226. The van der Waals surface area contributed by atoms with Gasteiger partial charge in [0.25, 0.3) is 5.91 Å². The number of anilines is 1. The number of aromatic nitrogens is 1. The molecule has 3 N–H and O–H groups in total. The molecule has 6 nitrogen and oxygen atoms in total. The van der Waals surface area contributed by atoms with Crippen molar-refractivity contribution < 1.29 is 9.59 Å². The highest BCUT2D eigenvalue weighted by atomic mass is 32.1. The normalized spacial score (nSPS) is 13.5. The first-order valence-electron chi connectivity index (χ1n) is 8.39. The SMILES string of the molecule is CC(=O)N(Cc1ccc(NC(=O)c2csc(CCN)n2)cc1)C1CC1. The Kier molecular flexibility index (Phi) is 5.45. The molecule has 1 aromatic heterocycles. The second kappa shape index (κ2) is 7.76. The summed E-state index contributed by atoms with van der Waals surface area (Å²) in [5.41, 5.74) is 7.68. The third kappa shape index (κ3) is 4.64. The second-order valence-electron chi connectivity index (χ2n) is 6.19. The van der Waals surface area contributed by atoms with Crippen LogP contribution < -0.4 is 11.1 Å². The van der Waals surface area contributed by atoms with Crippen molar-refractivity contribution in [2.75, 3.05) is 11.9 Å². The van der Waals surface area contributed by atoms with Crippen molar-refractivity contribution >= 4 is 28.8 Å². The predicted octanol–water partition coefficient (Wildman–Crippen LogP) is 2.41. The van der Waals surface area contributed by atoms with E-state index in [9.17, 15) is 9.59 Å². The smallest absolute Gasteiger partial charge is 0.275 e. The molecule has 0 bridgehead atoms. The van der Waals surface area contributed by atoms with Crippen LogP contribution in [-0.2, 0) is 17.8 Å². The van der Waals surface area contributed by atoms with Crippen molar-refractivity contribution in [1.82, 2.24) is 9.88 Å². The number of nitrogens with zero attached hydrogens (tertiary/aromatic N) is 2. The Morgan fingerprint density at radius 1 is 1.32 bits per heavy atom. The van der Waals surface area contributed by atoms with Gasteiger partial charge in [-0.05, 0) is 37.1 Å². The van der Waals surface area contributed by atoms with Crippen LogP contribution in [0.1, 0.15) is 40.8 Å². The van der Waals surface area contributed by atoms with E-state index in [4.69, 9.17) is 5.73 Å². The third-order valence-electron chi connectivity index (χ3n) is 4.10. The molecule has 1 aliphatic rings. The maximum atomic E-state index is 12.2. The molecule has 0 aliphatic heterocycles. The van der Waals surface area contributed by atoms with E-state index in [-0.39, 0.29) is 11.8 Å². The Bertz CT molecular complexity index is 753. The van der Waals surface area contributed by atoms with Crippen molar-refractivity contribution in [3.63, 3.8) is 0 Å². The zero-order valence-corrected chi connectivity index (χ0v) is 15.0. The first-order chi connectivity index (χ1) is 12.1. The van der Waals surface area contributed by atoms with Gasteiger partial charge in [-0.3, -0.25) is 9.59 Å². The van der Waals surface area contributed by atoms with Crippen LogP contribution in [0.25, 0.3) is 0 Å². The minimum Gasteiger partial charge on any atom is -0.336 e. The molecular formula is C18H22N4O2S. The number of rotatable bonds is 7. The summed E-state index contributed by atoms with van der Waals surface area (Å²) in [6.45, 7) is 2.75. The predicted molar refractivity (Wildman–Crippen MR) is 98.5 cm³/mol. The highest BCUT2D eigenvalue weighted by molar-refractivity contribution is 7.09. The molecule has 0 atom stereocenters. The van der Waals surface area contributed by atoms with Gasteiger partial charge >= 0.3 is 0 Å². The Hall–Kier alpha value is -2.25. The lowest BCUT2D eigenvalue weighted by molar-refractivity contribution is -0.130. The van der Waals surface area contributed by atoms with E-state index in [0.717, 1.165) is 23.4 Å². The summed E-state index contributed by atoms with van der Waals surface area (Å²) in [4.78, 5) is 30.1. The Balaban J connectivity index is 1.59. The summed E-state index contributed by atoms with van der Waals surface area (Å²) in [5, 5.41) is 5.46. The molecule has 0 saturated heterocycles. The number of amides is 2. The highest BCUT2D eigenvalue weighted by Gasteiger charge is 2.30. The summed E-state index contributed by atoms with van der Waals surface area (Å²) in [5.74, 6) is -0.118. The third-order valence-corrected chi connectivity index (χ3v) is 5.01. The molecule has 1 heterocycles. The summed E-state index contributed by atoms with van der Waals surface area (Å²) in [7, 11) is 0. The van der Waals surface area contributed by atoms with E-state index in [1.807, 2.05) is 29.2 Å². The van der Waals surface area contributed by atoms with Gasteiger partial charge in [0, 0.05) is 37.0 Å². The monoisotopic (exact) mass is 358 g/mol. The molecule has 7 heteroatoms. The molecule has 0 unspecified atom stereocenters. The fourth-order valence-corrected chi connectivity index (χ4v) is 3.42. The molecule has 132 valence electrons. The summed E-state index contributed by atoms with van der Waals surface area (Å²) < 4.78 is 0. The molecule has 1 fully saturated rings. The summed E-state index contributed by atoms with van der Waals surface area (Å²) in [6.07, 6.45) is 2.86. The van der Waals surface area contributed by atoms with Crippen LogP contribution in [0.15, 0.2) is 29.6 Å². The van der Waals surface area contributed by atoms with Crippen LogP contribution in [0.2, 0.25) is 0 Å². The molecule has 1 aromatic carbocycles. The lowest BCUT2D eigenvalue weighted by Gasteiger charge is -2.20. The van der Waals surface area contributed by atoms with Crippen LogP contribution >= 0.6 is 11.3 Å². The standard InChI is InChI=1S/C18H22N4O2S/c1-12(23)22(15-6-7-15)10-13-2-4-14(5-3-13)20-18(24)16-11-25-17(21-16)8-9-19/h2-5,11,15H,6-10,19H2,1H3,(H,20,24). The molecule has 1 aliphatic carbocycles. The average molecular weight is 358 g/mol. The quantitative estimate of drug-likeness (QED) is 0.795. The highest BCUT2D eigenvalue weighted by Crippen LogP contribution is 2.28. The maximum Gasteiger partial charge on any atom is 0.275 e. The zero-order chi connectivity index (χ0) is 17.8. The van der Waals surface area contributed by atoms with Crippen molar-refractivity contribution in [2.45, 2.75) is 38.8 Å². The van der Waals surface area contributed by atoms with E-state index >= 15 is 0 Å². The van der Waals surface area contributed by atoms with Gasteiger partial charge in [0.05, 0.1) is 5.01 Å². The minimum absolute atomic E-state index is 0.108. The van der Waals surface area contributed by atoms with Crippen molar-refractivity contribution in [3.8, 4) is 0 Å². The van der Waals surface area contributed by atoms with E-state index in [0.29, 0.717) is 36.9 Å². The first-order valence-corrected chi connectivity index (χ1v) is 9.26. The number of nitrogens with one attached hydrogen (secondary N) is 1. The molecule has 3 rings (SSSR count). The number of hydrogen-bond donors (Lipinski definition) is 2. The van der Waals surface area contributed by atoms with E-state index in [1.54, 1.807) is 12.3 Å². The second-order valence-corrected chi connectivity index (χ2v) is 7.14. The molecule has 2 aromatic rings. The van der Waals surface area contributed by atoms with Gasteiger partial charge in [-0.1, -0.05) is 12.1 Å². The van der Waals surface area contributed by atoms with Gasteiger partial charge in [0.2, 0.25) is 5.91 Å². The molecule has 25 heavy (non-hydrogen) atoms. The fourth-order valence-electron chi connectivity index (χ4n) is 2.62. The van der Waals surface area contributed by atoms with Gasteiger partial charge < -0.3 is 16.0 Å². The number of carbonyl (C=O) groups excluding carboxylic acids is 2. The van der Waals surface area contributed by atoms with E-state index < -0.39 is 0 Å². The summed E-state index contributed by atoms with van der Waals surface area (Å²) in [6, 6.07) is 7.98. The maximum absolute atomic E-state index is 12.2. The van der Waals surface area contributed by atoms with Crippen LogP contribution in [0.3, 0.4) is 0 Å². The average Bonchev–Trinajstić information content (AvgIpc) is 3.32. The van der Waals surface area contributed by atoms with Crippen LogP contribution in [-0.4, -0.2) is 34.3 Å². The lowest BCUT2D eigenvalue weighted by Crippen LogP contribution is -2.30. The van der Waals surface area contributed by atoms with Crippen molar-refractivity contribution in [2.24, 2.45) is 5.73 Å². The molecule has 0 spiro atoms. The Labute approximate surface area is 151 Å². The first kappa shape index (κ1) is 17.6.